The molecule has 2 rings (SSSR count). The Morgan fingerprint density at radius 3 is 2.67 bits per heavy atom. The molecule has 2 aliphatic rings. The van der Waals surface area contributed by atoms with E-state index in [1.807, 2.05) is 0 Å². The van der Waals surface area contributed by atoms with Gasteiger partial charge in [0.2, 0.25) is 5.91 Å². The fourth-order valence-corrected chi connectivity index (χ4v) is 3.37. The lowest BCUT2D eigenvalue weighted by Gasteiger charge is -2.42. The summed E-state index contributed by atoms with van der Waals surface area (Å²) in [5, 5.41) is 13.3. The van der Waals surface area contributed by atoms with Gasteiger partial charge in [-0.3, -0.25) is 15.0 Å². The number of hydrogen-bond donors (Lipinski definition) is 2. The van der Waals surface area contributed by atoms with Crippen LogP contribution in [0.15, 0.2) is 0 Å². The fourth-order valence-electron chi connectivity index (χ4n) is 3.37. The van der Waals surface area contributed by atoms with Gasteiger partial charge in [0.25, 0.3) is 0 Å². The number of carbonyl (C=O) groups excluding carboxylic acids is 1. The molecule has 0 bridgehead atoms. The zero-order valence-electron chi connectivity index (χ0n) is 13.3. The Kier molecular flexibility index (Phi) is 5.23. The molecule has 3 unspecified atom stereocenters. The van der Waals surface area contributed by atoms with Crippen LogP contribution in [-0.2, 0) is 4.79 Å². The van der Waals surface area contributed by atoms with Crippen LogP contribution in [0.1, 0.15) is 46.0 Å². The molecule has 1 amide bonds. The first-order valence-corrected chi connectivity index (χ1v) is 8.22. The number of hydrogen-bond acceptors (Lipinski definition) is 4. The molecule has 1 aliphatic heterocycles. The minimum absolute atomic E-state index is 0.0667. The molecule has 0 aromatic heterocycles. The van der Waals surface area contributed by atoms with Crippen LogP contribution in [0, 0.1) is 23.2 Å². The van der Waals surface area contributed by atoms with Crippen LogP contribution >= 0.6 is 0 Å². The van der Waals surface area contributed by atoms with Gasteiger partial charge in [0.05, 0.1) is 12.0 Å². The second kappa shape index (κ2) is 6.76. The molecular weight excluding hydrogens is 264 g/mol. The molecule has 0 aromatic carbocycles. The van der Waals surface area contributed by atoms with Crippen molar-refractivity contribution in [3.8, 4) is 6.07 Å². The van der Waals surface area contributed by atoms with E-state index in [9.17, 15) is 10.1 Å². The van der Waals surface area contributed by atoms with Crippen LogP contribution < -0.4 is 11.1 Å². The highest BCUT2D eigenvalue weighted by Gasteiger charge is 2.47. The van der Waals surface area contributed by atoms with Crippen molar-refractivity contribution in [1.82, 2.24) is 10.2 Å². The van der Waals surface area contributed by atoms with Gasteiger partial charge in [0.15, 0.2) is 0 Å². The zero-order valence-corrected chi connectivity index (χ0v) is 13.3. The second-order valence-corrected chi connectivity index (χ2v) is 6.74. The molecule has 5 heteroatoms. The molecule has 0 aromatic rings. The highest BCUT2D eigenvalue weighted by molar-refractivity contribution is 5.77. The number of amides is 1. The van der Waals surface area contributed by atoms with Gasteiger partial charge in [0.1, 0.15) is 5.54 Å². The van der Waals surface area contributed by atoms with Gasteiger partial charge < -0.3 is 5.73 Å². The lowest BCUT2D eigenvalue weighted by atomic mass is 9.88. The van der Waals surface area contributed by atoms with E-state index in [0.717, 1.165) is 38.6 Å². The average Bonchev–Trinajstić information content (AvgIpc) is 3.30. The number of nitrogens with zero attached hydrogens (tertiary/aromatic N) is 2. The summed E-state index contributed by atoms with van der Waals surface area (Å²) in [6.07, 6.45) is 5.14. The molecule has 21 heavy (non-hydrogen) atoms. The highest BCUT2D eigenvalue weighted by Crippen LogP contribution is 2.40. The van der Waals surface area contributed by atoms with Gasteiger partial charge in [-0.25, -0.2) is 0 Å². The van der Waals surface area contributed by atoms with Crippen molar-refractivity contribution in [2.75, 3.05) is 19.6 Å². The van der Waals surface area contributed by atoms with E-state index in [1.165, 1.54) is 0 Å². The largest absolute Gasteiger partial charge is 0.369 e. The Balaban J connectivity index is 2.07. The lowest BCUT2D eigenvalue weighted by molar-refractivity contribution is -0.124. The van der Waals surface area contributed by atoms with Crippen molar-refractivity contribution < 1.29 is 4.79 Å². The van der Waals surface area contributed by atoms with Gasteiger partial charge in [-0.1, -0.05) is 6.92 Å². The fraction of sp³-hybridized carbons (Fsp3) is 0.875. The summed E-state index contributed by atoms with van der Waals surface area (Å²) in [5.41, 5.74) is 5.02. The van der Waals surface area contributed by atoms with E-state index in [-0.39, 0.29) is 11.8 Å². The Bertz CT molecular complexity index is 415. The number of nitrogens with one attached hydrogen (secondary N) is 1. The number of rotatable bonds is 7. The van der Waals surface area contributed by atoms with Crippen molar-refractivity contribution in [2.24, 2.45) is 17.6 Å². The maximum atomic E-state index is 11.5. The van der Waals surface area contributed by atoms with Crippen LogP contribution in [0.5, 0.6) is 0 Å². The van der Waals surface area contributed by atoms with E-state index < -0.39 is 5.54 Å². The number of piperidine rings is 1. The third-order valence-electron chi connectivity index (χ3n) is 5.03. The van der Waals surface area contributed by atoms with Crippen LogP contribution in [0.4, 0.5) is 0 Å². The van der Waals surface area contributed by atoms with Crippen LogP contribution in [-0.4, -0.2) is 42.0 Å². The maximum absolute atomic E-state index is 11.5. The topological polar surface area (TPSA) is 82.2 Å². The summed E-state index contributed by atoms with van der Waals surface area (Å²) in [5.74, 6) is 0.181. The number of nitriles is 1. The SMILES string of the molecule is CCCNC(C#N)(CN1CC(C(N)=O)CCC1C)C1CC1. The van der Waals surface area contributed by atoms with Gasteiger partial charge >= 0.3 is 0 Å². The molecule has 1 saturated carbocycles. The van der Waals surface area contributed by atoms with E-state index in [0.29, 0.717) is 25.0 Å². The van der Waals surface area contributed by atoms with Gasteiger partial charge in [0, 0.05) is 19.1 Å². The van der Waals surface area contributed by atoms with Gasteiger partial charge in [-0.2, -0.15) is 5.26 Å². The molecule has 1 saturated heterocycles. The first-order chi connectivity index (χ1) is 10.0. The van der Waals surface area contributed by atoms with Crippen LogP contribution in [0.2, 0.25) is 0 Å². The number of nitrogens with two attached hydrogens (primary N) is 1. The van der Waals surface area contributed by atoms with Crippen molar-refractivity contribution in [2.45, 2.75) is 57.5 Å². The molecule has 0 spiro atoms. The normalized spacial score (nSPS) is 29.6. The summed E-state index contributed by atoms with van der Waals surface area (Å²) in [4.78, 5) is 13.8. The summed E-state index contributed by atoms with van der Waals surface area (Å²) in [6, 6.07) is 2.97. The van der Waals surface area contributed by atoms with Crippen LogP contribution in [0.3, 0.4) is 0 Å². The molecule has 5 nitrogen and oxygen atoms in total. The smallest absolute Gasteiger partial charge is 0.221 e. The number of carbonyl (C=O) groups is 1. The van der Waals surface area contributed by atoms with E-state index >= 15 is 0 Å². The number of likely N-dealkylation sites (tertiary alicyclic amines) is 1. The second-order valence-electron chi connectivity index (χ2n) is 6.74. The summed E-state index contributed by atoms with van der Waals surface area (Å²) in [6.45, 7) is 6.58. The minimum Gasteiger partial charge on any atom is -0.369 e. The lowest BCUT2D eigenvalue weighted by Crippen LogP contribution is -2.58. The van der Waals surface area contributed by atoms with Crippen molar-refractivity contribution in [3.63, 3.8) is 0 Å². The van der Waals surface area contributed by atoms with Crippen molar-refractivity contribution in [3.05, 3.63) is 0 Å². The number of primary amides is 1. The zero-order chi connectivity index (χ0) is 15.5. The average molecular weight is 292 g/mol. The summed E-state index contributed by atoms with van der Waals surface area (Å²) in [7, 11) is 0. The molecular formula is C16H28N4O. The Labute approximate surface area is 127 Å². The highest BCUT2D eigenvalue weighted by atomic mass is 16.1. The molecule has 1 aliphatic carbocycles. The summed E-state index contributed by atoms with van der Waals surface area (Å²) >= 11 is 0. The molecule has 0 radical (unpaired) electrons. The Morgan fingerprint density at radius 1 is 1.43 bits per heavy atom. The first-order valence-electron chi connectivity index (χ1n) is 8.22. The van der Waals surface area contributed by atoms with E-state index in [4.69, 9.17) is 5.73 Å². The van der Waals surface area contributed by atoms with Gasteiger partial charge in [-0.15, -0.1) is 0 Å². The standard InChI is InChI=1S/C16H28N4O/c1-3-8-19-16(10-17,14-6-7-14)11-20-9-13(15(18)21)5-4-12(20)2/h12-14,19H,3-9,11H2,1-2H3,(H2,18,21). The first kappa shape index (κ1) is 16.3. The Hall–Kier alpha value is -1.12. The van der Waals surface area contributed by atoms with E-state index in [1.54, 1.807) is 0 Å². The monoisotopic (exact) mass is 292 g/mol. The van der Waals surface area contributed by atoms with E-state index in [2.05, 4.69) is 30.1 Å². The minimum atomic E-state index is -0.455. The molecule has 3 atom stereocenters. The van der Waals surface area contributed by atoms with Crippen LogP contribution in [0.25, 0.3) is 0 Å². The maximum Gasteiger partial charge on any atom is 0.221 e. The van der Waals surface area contributed by atoms with Crippen molar-refractivity contribution >= 4 is 5.91 Å². The predicted octanol–water partition coefficient (Wildman–Crippen LogP) is 1.24. The third kappa shape index (κ3) is 3.75. The Morgan fingerprint density at radius 2 is 2.14 bits per heavy atom. The third-order valence-corrected chi connectivity index (χ3v) is 5.03. The van der Waals surface area contributed by atoms with Crippen molar-refractivity contribution in [1.29, 1.82) is 5.26 Å². The molecule has 1 heterocycles. The molecule has 3 N–H and O–H groups in total. The predicted molar refractivity (Wildman–Crippen MR) is 82.3 cm³/mol. The molecule has 118 valence electrons. The van der Waals surface area contributed by atoms with Gasteiger partial charge in [-0.05, 0) is 51.5 Å². The summed E-state index contributed by atoms with van der Waals surface area (Å²) < 4.78 is 0. The molecule has 2 fully saturated rings. The quantitative estimate of drug-likeness (QED) is 0.740.